The summed E-state index contributed by atoms with van der Waals surface area (Å²) in [6.45, 7) is 3.85. The van der Waals surface area contributed by atoms with Crippen molar-refractivity contribution in [2.45, 2.75) is 19.9 Å². The zero-order chi connectivity index (χ0) is 19.3. The molecule has 27 heavy (non-hydrogen) atoms. The Morgan fingerprint density at radius 3 is 2.41 bits per heavy atom. The van der Waals surface area contributed by atoms with Gasteiger partial charge in [-0.2, -0.15) is 0 Å². The van der Waals surface area contributed by atoms with E-state index in [-0.39, 0.29) is 11.2 Å². The molecule has 0 fully saturated rings. The highest BCUT2D eigenvalue weighted by Gasteiger charge is 2.36. The van der Waals surface area contributed by atoms with Gasteiger partial charge in [0.1, 0.15) is 5.58 Å². The van der Waals surface area contributed by atoms with E-state index in [1.807, 2.05) is 13.8 Å². The Bertz CT molecular complexity index is 1160. The molecule has 4 rings (SSSR count). The number of rotatable bonds is 2. The fraction of sp³-hybridized carbons (Fsp3) is 0.190. The summed E-state index contributed by atoms with van der Waals surface area (Å²) < 4.78 is 10.5. The van der Waals surface area contributed by atoms with Crippen LogP contribution >= 0.6 is 0 Å². The van der Waals surface area contributed by atoms with Crippen LogP contribution in [0.5, 0.6) is 0 Å². The van der Waals surface area contributed by atoms with Gasteiger partial charge in [0, 0.05) is 0 Å². The van der Waals surface area contributed by atoms with Crippen LogP contribution in [0.2, 0.25) is 0 Å². The van der Waals surface area contributed by atoms with Crippen molar-refractivity contribution in [1.29, 1.82) is 0 Å². The Hall–Kier alpha value is -3.41. The summed E-state index contributed by atoms with van der Waals surface area (Å²) in [4.78, 5) is 37.1. The summed E-state index contributed by atoms with van der Waals surface area (Å²) in [5, 5.41) is 3.24. The summed E-state index contributed by atoms with van der Waals surface area (Å²) in [5.41, 5.74) is 3.51. The number of esters is 1. The van der Waals surface area contributed by atoms with Gasteiger partial charge in [-0.1, -0.05) is 12.1 Å². The van der Waals surface area contributed by atoms with Crippen LogP contribution in [-0.2, 0) is 4.74 Å². The minimum Gasteiger partial charge on any atom is -0.465 e. The zero-order valence-corrected chi connectivity index (χ0v) is 15.1. The smallest absolute Gasteiger partial charge is 0.337 e. The average molecular weight is 363 g/mol. The van der Waals surface area contributed by atoms with E-state index in [0.717, 1.165) is 11.1 Å². The molecule has 0 spiro atoms. The van der Waals surface area contributed by atoms with E-state index in [2.05, 4.69) is 10.1 Å². The third kappa shape index (κ3) is 2.61. The predicted molar refractivity (Wildman–Crippen MR) is 99.0 cm³/mol. The number of amides is 1. The summed E-state index contributed by atoms with van der Waals surface area (Å²) in [6.07, 6.45) is 0. The molecule has 1 aliphatic rings. The first kappa shape index (κ1) is 17.0. The predicted octanol–water partition coefficient (Wildman–Crippen LogP) is 3.03. The lowest BCUT2D eigenvalue weighted by Crippen LogP contribution is -2.22. The van der Waals surface area contributed by atoms with Crippen LogP contribution in [0.25, 0.3) is 11.0 Å². The Kier molecular flexibility index (Phi) is 3.84. The third-order valence-electron chi connectivity index (χ3n) is 4.98. The number of hydrogen-bond donors (Lipinski definition) is 1. The molecule has 0 saturated heterocycles. The fourth-order valence-electron chi connectivity index (χ4n) is 3.34. The third-order valence-corrected chi connectivity index (χ3v) is 4.98. The topological polar surface area (TPSA) is 85.6 Å². The van der Waals surface area contributed by atoms with Crippen molar-refractivity contribution >= 4 is 22.8 Å². The number of hydrogen-bond acceptors (Lipinski definition) is 5. The van der Waals surface area contributed by atoms with E-state index in [9.17, 15) is 14.4 Å². The van der Waals surface area contributed by atoms with E-state index in [1.54, 1.807) is 36.4 Å². The molecule has 1 atom stereocenters. The first-order valence-corrected chi connectivity index (χ1v) is 8.48. The lowest BCUT2D eigenvalue weighted by atomic mass is 9.97. The van der Waals surface area contributed by atoms with Gasteiger partial charge in [0.15, 0.2) is 5.43 Å². The van der Waals surface area contributed by atoms with Gasteiger partial charge >= 0.3 is 5.97 Å². The molecule has 2 heterocycles. The van der Waals surface area contributed by atoms with Crippen molar-refractivity contribution in [1.82, 2.24) is 5.32 Å². The molecule has 6 nitrogen and oxygen atoms in total. The molecule has 0 unspecified atom stereocenters. The number of carbonyl (C=O) groups is 2. The second kappa shape index (κ2) is 6.09. The van der Waals surface area contributed by atoms with Crippen LogP contribution in [0.3, 0.4) is 0 Å². The maximum Gasteiger partial charge on any atom is 0.337 e. The fourth-order valence-corrected chi connectivity index (χ4v) is 3.34. The molecule has 1 amide bonds. The minimum absolute atomic E-state index is 0.0396. The summed E-state index contributed by atoms with van der Waals surface area (Å²) in [5.74, 6) is -0.837. The Labute approximate surface area is 154 Å². The highest BCUT2D eigenvalue weighted by Crippen LogP contribution is 2.31. The quantitative estimate of drug-likeness (QED) is 0.708. The maximum atomic E-state index is 13.1. The largest absolute Gasteiger partial charge is 0.465 e. The van der Waals surface area contributed by atoms with E-state index >= 15 is 0 Å². The van der Waals surface area contributed by atoms with Gasteiger partial charge in [0.25, 0.3) is 5.91 Å². The number of benzene rings is 2. The Balaban J connectivity index is 1.88. The summed E-state index contributed by atoms with van der Waals surface area (Å²) in [6, 6.07) is 9.52. The van der Waals surface area contributed by atoms with E-state index in [4.69, 9.17) is 4.42 Å². The molecule has 0 radical (unpaired) electrons. The molecule has 136 valence electrons. The van der Waals surface area contributed by atoms with Gasteiger partial charge < -0.3 is 14.5 Å². The van der Waals surface area contributed by atoms with Gasteiger partial charge in [-0.05, 0) is 54.8 Å². The molecule has 1 aromatic heterocycles. The standard InChI is InChI=1S/C21H17NO5/c1-10-8-14-15(9-11(10)2)27-19-16(18(14)23)17(22-20(19)24)12-4-6-13(7-5-12)21(25)26-3/h4-9,17H,1-3H3,(H,22,24)/t17-/m1/s1. The van der Waals surface area contributed by atoms with Gasteiger partial charge in [0.05, 0.1) is 29.7 Å². The molecule has 6 heteroatoms. The van der Waals surface area contributed by atoms with Gasteiger partial charge in [0.2, 0.25) is 5.76 Å². The van der Waals surface area contributed by atoms with Crippen LogP contribution in [0.4, 0.5) is 0 Å². The molecule has 3 aromatic rings. The van der Waals surface area contributed by atoms with Crippen molar-refractivity contribution < 1.29 is 18.7 Å². The van der Waals surface area contributed by atoms with E-state index < -0.39 is 17.9 Å². The van der Waals surface area contributed by atoms with Gasteiger partial charge in [-0.25, -0.2) is 4.79 Å². The number of methoxy groups -OCH3 is 1. The lowest BCUT2D eigenvalue weighted by Gasteiger charge is -2.12. The second-order valence-electron chi connectivity index (χ2n) is 6.63. The van der Waals surface area contributed by atoms with Crippen LogP contribution in [0.15, 0.2) is 45.6 Å². The maximum absolute atomic E-state index is 13.1. The average Bonchev–Trinajstić information content (AvgIpc) is 3.00. The van der Waals surface area contributed by atoms with Crippen LogP contribution in [0.1, 0.15) is 49.2 Å². The molecule has 0 bridgehead atoms. The number of fused-ring (bicyclic) bond motifs is 2. The van der Waals surface area contributed by atoms with E-state index in [0.29, 0.717) is 27.7 Å². The van der Waals surface area contributed by atoms with Crippen molar-refractivity contribution in [3.8, 4) is 0 Å². The Morgan fingerprint density at radius 2 is 1.74 bits per heavy atom. The zero-order valence-electron chi connectivity index (χ0n) is 15.1. The molecule has 2 aromatic carbocycles. The molecular formula is C21H17NO5. The normalized spacial score (nSPS) is 15.5. The van der Waals surface area contributed by atoms with Crippen molar-refractivity contribution in [2.24, 2.45) is 0 Å². The molecular weight excluding hydrogens is 346 g/mol. The highest BCUT2D eigenvalue weighted by molar-refractivity contribution is 5.99. The number of carbonyl (C=O) groups excluding carboxylic acids is 2. The molecule has 1 aliphatic heterocycles. The van der Waals surface area contributed by atoms with Gasteiger partial charge in [-0.3, -0.25) is 9.59 Å². The Morgan fingerprint density at radius 1 is 1.07 bits per heavy atom. The van der Waals surface area contributed by atoms with E-state index in [1.165, 1.54) is 7.11 Å². The van der Waals surface area contributed by atoms with Crippen molar-refractivity contribution in [3.05, 3.63) is 80.2 Å². The summed E-state index contributed by atoms with van der Waals surface area (Å²) in [7, 11) is 1.31. The lowest BCUT2D eigenvalue weighted by molar-refractivity contribution is 0.0600. The highest BCUT2D eigenvalue weighted by atomic mass is 16.5. The molecule has 1 N–H and O–H groups in total. The SMILES string of the molecule is COC(=O)c1ccc([C@H]2NC(=O)c3oc4cc(C)c(C)cc4c(=O)c32)cc1. The monoisotopic (exact) mass is 363 g/mol. The first-order chi connectivity index (χ1) is 12.9. The number of nitrogens with one attached hydrogen (secondary N) is 1. The molecule has 0 saturated carbocycles. The van der Waals surface area contributed by atoms with Gasteiger partial charge in [-0.15, -0.1) is 0 Å². The van der Waals surface area contributed by atoms with Crippen LogP contribution < -0.4 is 10.7 Å². The second-order valence-corrected chi connectivity index (χ2v) is 6.63. The van der Waals surface area contributed by atoms with Crippen LogP contribution in [-0.4, -0.2) is 19.0 Å². The van der Waals surface area contributed by atoms with Crippen molar-refractivity contribution in [3.63, 3.8) is 0 Å². The first-order valence-electron chi connectivity index (χ1n) is 8.48. The molecule has 0 aliphatic carbocycles. The van der Waals surface area contributed by atoms with Crippen molar-refractivity contribution in [2.75, 3.05) is 7.11 Å². The minimum atomic E-state index is -0.624. The summed E-state index contributed by atoms with van der Waals surface area (Å²) >= 11 is 0. The number of aryl methyl sites for hydroxylation is 2. The van der Waals surface area contributed by atoms with Crippen LogP contribution in [0, 0.1) is 13.8 Å². The number of ether oxygens (including phenoxy) is 1.